The Labute approximate surface area is 126 Å². The Bertz CT molecular complexity index is 626. The van der Waals surface area contributed by atoms with Gasteiger partial charge < -0.3 is 4.74 Å². The van der Waals surface area contributed by atoms with E-state index in [1.807, 2.05) is 26.0 Å². The molecule has 2 heterocycles. The number of ether oxygens (including phenoxy) is 1. The van der Waals surface area contributed by atoms with Gasteiger partial charge in [-0.05, 0) is 31.0 Å². The highest BCUT2D eigenvalue weighted by atomic mass is 32.2. The third-order valence-electron chi connectivity index (χ3n) is 4.42. The van der Waals surface area contributed by atoms with Crippen LogP contribution in [0.2, 0.25) is 0 Å². The van der Waals surface area contributed by atoms with Crippen molar-refractivity contribution >= 4 is 10.0 Å². The lowest BCUT2D eigenvalue weighted by Crippen LogP contribution is -2.52. The smallest absolute Gasteiger partial charge is 0.243 e. The summed E-state index contributed by atoms with van der Waals surface area (Å²) in [5, 5.41) is 3.36. The standard InChI is InChI=1S/C15H22N2O3S/c1-12-3-4-13(2)14(11-12)21(18,19)17-8-5-15(6-9-17)16-7-10-20-15/h3-4,11,16H,5-10H2,1-2H3. The van der Waals surface area contributed by atoms with Crippen LogP contribution in [0.15, 0.2) is 23.1 Å². The number of aryl methyl sites for hydroxylation is 2. The highest BCUT2D eigenvalue weighted by Gasteiger charge is 2.41. The van der Waals surface area contributed by atoms with E-state index in [1.165, 1.54) is 0 Å². The van der Waals surface area contributed by atoms with E-state index in [0.29, 0.717) is 37.4 Å². The topological polar surface area (TPSA) is 58.6 Å². The summed E-state index contributed by atoms with van der Waals surface area (Å²) < 4.78 is 33.0. The van der Waals surface area contributed by atoms with Gasteiger partial charge in [-0.15, -0.1) is 0 Å². The Kier molecular flexibility index (Phi) is 3.81. The van der Waals surface area contributed by atoms with Gasteiger partial charge in [0.05, 0.1) is 11.5 Å². The number of sulfonamides is 1. The molecular weight excluding hydrogens is 288 g/mol. The van der Waals surface area contributed by atoms with Crippen LogP contribution < -0.4 is 5.32 Å². The quantitative estimate of drug-likeness (QED) is 0.897. The molecule has 0 bridgehead atoms. The molecule has 2 saturated heterocycles. The zero-order chi connectivity index (χ0) is 15.1. The summed E-state index contributed by atoms with van der Waals surface area (Å²) in [6.45, 7) is 6.33. The highest BCUT2D eigenvalue weighted by molar-refractivity contribution is 7.89. The van der Waals surface area contributed by atoms with Crippen molar-refractivity contribution in [2.45, 2.75) is 37.3 Å². The van der Waals surface area contributed by atoms with E-state index in [-0.39, 0.29) is 5.72 Å². The molecule has 3 rings (SSSR count). The summed E-state index contributed by atoms with van der Waals surface area (Å²) in [6, 6.07) is 5.57. The van der Waals surface area contributed by atoms with Crippen LogP contribution in [0.1, 0.15) is 24.0 Å². The van der Waals surface area contributed by atoms with Gasteiger partial charge in [-0.2, -0.15) is 4.31 Å². The molecule has 116 valence electrons. The minimum Gasteiger partial charge on any atom is -0.359 e. The largest absolute Gasteiger partial charge is 0.359 e. The number of nitrogens with zero attached hydrogens (tertiary/aromatic N) is 1. The zero-order valence-electron chi connectivity index (χ0n) is 12.6. The van der Waals surface area contributed by atoms with Crippen LogP contribution in [0.4, 0.5) is 0 Å². The number of nitrogens with one attached hydrogen (secondary N) is 1. The van der Waals surface area contributed by atoms with Crippen molar-refractivity contribution in [2.75, 3.05) is 26.2 Å². The molecule has 0 radical (unpaired) electrons. The maximum atomic E-state index is 12.8. The van der Waals surface area contributed by atoms with Gasteiger partial charge in [0.25, 0.3) is 0 Å². The SMILES string of the molecule is Cc1ccc(C)c(S(=O)(=O)N2CCC3(CC2)NCCO3)c1. The van der Waals surface area contributed by atoms with Gasteiger partial charge in [0.15, 0.2) is 0 Å². The number of hydrogen-bond donors (Lipinski definition) is 1. The molecule has 2 aliphatic rings. The molecule has 0 unspecified atom stereocenters. The second-order valence-electron chi connectivity index (χ2n) is 5.94. The van der Waals surface area contributed by atoms with Gasteiger partial charge in [0.2, 0.25) is 10.0 Å². The van der Waals surface area contributed by atoms with E-state index >= 15 is 0 Å². The molecule has 1 spiro atoms. The Hall–Kier alpha value is -0.950. The normalized spacial score (nSPS) is 22.8. The number of piperidine rings is 1. The van der Waals surface area contributed by atoms with Gasteiger partial charge in [-0.1, -0.05) is 12.1 Å². The summed E-state index contributed by atoms with van der Waals surface area (Å²) in [5.41, 5.74) is 1.47. The highest BCUT2D eigenvalue weighted by Crippen LogP contribution is 2.30. The van der Waals surface area contributed by atoms with Crippen LogP contribution in [0, 0.1) is 13.8 Å². The van der Waals surface area contributed by atoms with Crippen LogP contribution in [0.25, 0.3) is 0 Å². The summed E-state index contributed by atoms with van der Waals surface area (Å²) in [6.07, 6.45) is 1.41. The Balaban J connectivity index is 1.82. The third-order valence-corrected chi connectivity index (χ3v) is 6.46. The molecule has 6 heteroatoms. The van der Waals surface area contributed by atoms with Gasteiger partial charge in [0, 0.05) is 32.5 Å². The predicted octanol–water partition coefficient (Wildman–Crippen LogP) is 1.40. The van der Waals surface area contributed by atoms with Gasteiger partial charge in [-0.25, -0.2) is 8.42 Å². The summed E-state index contributed by atoms with van der Waals surface area (Å²) in [4.78, 5) is 0.429. The van der Waals surface area contributed by atoms with Gasteiger partial charge >= 0.3 is 0 Å². The molecule has 21 heavy (non-hydrogen) atoms. The third kappa shape index (κ3) is 2.73. The first-order chi connectivity index (χ1) is 9.93. The minimum absolute atomic E-state index is 0.298. The summed E-state index contributed by atoms with van der Waals surface area (Å²) >= 11 is 0. The molecule has 5 nitrogen and oxygen atoms in total. The maximum absolute atomic E-state index is 12.8. The van der Waals surface area contributed by atoms with Crippen LogP contribution in [-0.2, 0) is 14.8 Å². The number of rotatable bonds is 2. The zero-order valence-corrected chi connectivity index (χ0v) is 13.4. The van der Waals surface area contributed by atoms with Crippen LogP contribution in [0.3, 0.4) is 0 Å². The van der Waals surface area contributed by atoms with Gasteiger partial charge in [0.1, 0.15) is 5.72 Å². The van der Waals surface area contributed by atoms with E-state index in [4.69, 9.17) is 4.74 Å². The fourth-order valence-corrected chi connectivity index (χ4v) is 4.86. The van der Waals surface area contributed by atoms with Crippen LogP contribution >= 0.6 is 0 Å². The van der Waals surface area contributed by atoms with E-state index in [9.17, 15) is 8.42 Å². The van der Waals surface area contributed by atoms with E-state index < -0.39 is 10.0 Å². The Morgan fingerprint density at radius 1 is 1.24 bits per heavy atom. The van der Waals surface area contributed by atoms with E-state index in [1.54, 1.807) is 10.4 Å². The second kappa shape index (κ2) is 5.35. The first-order valence-electron chi connectivity index (χ1n) is 7.39. The average molecular weight is 310 g/mol. The fraction of sp³-hybridized carbons (Fsp3) is 0.600. The summed E-state index contributed by atoms with van der Waals surface area (Å²) in [5.74, 6) is 0. The Morgan fingerprint density at radius 3 is 2.57 bits per heavy atom. The van der Waals surface area contributed by atoms with Crippen molar-refractivity contribution < 1.29 is 13.2 Å². The average Bonchev–Trinajstić information content (AvgIpc) is 2.90. The molecule has 0 amide bonds. The molecular formula is C15H22N2O3S. The first-order valence-corrected chi connectivity index (χ1v) is 8.83. The number of benzene rings is 1. The van der Waals surface area contributed by atoms with Crippen LogP contribution in [0.5, 0.6) is 0 Å². The van der Waals surface area contributed by atoms with Crippen molar-refractivity contribution in [1.82, 2.24) is 9.62 Å². The lowest BCUT2D eigenvalue weighted by Gasteiger charge is -2.38. The minimum atomic E-state index is -3.41. The van der Waals surface area contributed by atoms with E-state index in [0.717, 1.165) is 17.7 Å². The molecule has 0 atom stereocenters. The van der Waals surface area contributed by atoms with Crippen molar-refractivity contribution in [3.05, 3.63) is 29.3 Å². The molecule has 0 aliphatic carbocycles. The molecule has 2 aliphatic heterocycles. The van der Waals surface area contributed by atoms with E-state index in [2.05, 4.69) is 5.32 Å². The predicted molar refractivity (Wildman–Crippen MR) is 80.6 cm³/mol. The molecule has 0 saturated carbocycles. The van der Waals surface area contributed by atoms with Crippen molar-refractivity contribution in [1.29, 1.82) is 0 Å². The van der Waals surface area contributed by atoms with Crippen molar-refractivity contribution in [3.63, 3.8) is 0 Å². The fourth-order valence-electron chi connectivity index (χ4n) is 3.11. The monoisotopic (exact) mass is 310 g/mol. The van der Waals surface area contributed by atoms with Crippen molar-refractivity contribution in [3.8, 4) is 0 Å². The molecule has 2 fully saturated rings. The molecule has 0 aromatic heterocycles. The summed E-state index contributed by atoms with van der Waals surface area (Å²) in [7, 11) is -3.41. The molecule has 1 N–H and O–H groups in total. The van der Waals surface area contributed by atoms with Crippen molar-refractivity contribution in [2.24, 2.45) is 0 Å². The maximum Gasteiger partial charge on any atom is 0.243 e. The Morgan fingerprint density at radius 2 is 1.95 bits per heavy atom. The van der Waals surface area contributed by atoms with Crippen LogP contribution in [-0.4, -0.2) is 44.7 Å². The lowest BCUT2D eigenvalue weighted by molar-refractivity contribution is -0.0445. The van der Waals surface area contributed by atoms with Gasteiger partial charge in [-0.3, -0.25) is 5.32 Å². The second-order valence-corrected chi connectivity index (χ2v) is 7.85. The first kappa shape index (κ1) is 15.0. The molecule has 1 aromatic rings. The molecule has 1 aromatic carbocycles. The number of hydrogen-bond acceptors (Lipinski definition) is 4. The lowest BCUT2D eigenvalue weighted by atomic mass is 10.0.